The molecule has 3 rings (SSSR count). The van der Waals surface area contributed by atoms with Crippen LogP contribution in [0.25, 0.3) is 0 Å². The summed E-state index contributed by atoms with van der Waals surface area (Å²) in [6.07, 6.45) is 6.41. The van der Waals surface area contributed by atoms with Crippen LogP contribution < -0.4 is 11.0 Å². The lowest BCUT2D eigenvalue weighted by molar-refractivity contribution is 0.0953. The molecule has 3 aromatic rings. The number of rotatable bonds is 5. The number of carbonyl (C=O) groups excluding carboxylic acids is 1. The highest BCUT2D eigenvalue weighted by molar-refractivity contribution is 5.94. The third-order valence-electron chi connectivity index (χ3n) is 3.76. The molecule has 1 aromatic carbocycles. The van der Waals surface area contributed by atoms with Gasteiger partial charge in [0.05, 0.1) is 12.8 Å². The van der Waals surface area contributed by atoms with E-state index >= 15 is 0 Å². The molecule has 1 amide bonds. The van der Waals surface area contributed by atoms with E-state index < -0.39 is 5.91 Å². The fraction of sp³-hybridized carbons (Fsp3) is 0.100. The van der Waals surface area contributed by atoms with Gasteiger partial charge in [-0.2, -0.15) is 5.10 Å². The highest BCUT2D eigenvalue weighted by Crippen LogP contribution is 2.05. The van der Waals surface area contributed by atoms with Gasteiger partial charge < -0.3 is 4.57 Å². The molecule has 0 radical (unpaired) electrons. The Morgan fingerprint density at radius 1 is 1.23 bits per heavy atom. The first-order valence-corrected chi connectivity index (χ1v) is 8.12. The number of benzene rings is 1. The predicted molar refractivity (Wildman–Crippen MR) is 100 cm³/mol. The first kappa shape index (κ1) is 17.3. The van der Waals surface area contributed by atoms with Gasteiger partial charge in [0.15, 0.2) is 0 Å². The standard InChI is InChI=1S/C20H18N4O2/c1-15-5-2-6-16(11-15)14-24-10-4-8-18(20(24)26)19(25)23-22-13-17-7-3-9-21-12-17/h2-13H,14H2,1H3,(H,23,25)/b22-13-. The summed E-state index contributed by atoms with van der Waals surface area (Å²) in [6.45, 7) is 2.40. The number of aromatic nitrogens is 2. The molecule has 0 aliphatic heterocycles. The van der Waals surface area contributed by atoms with Crippen LogP contribution in [0.15, 0.2) is 77.0 Å². The van der Waals surface area contributed by atoms with Gasteiger partial charge in [0.1, 0.15) is 5.56 Å². The average molecular weight is 346 g/mol. The minimum absolute atomic E-state index is 0.0449. The molecule has 0 unspecified atom stereocenters. The number of nitrogens with zero attached hydrogens (tertiary/aromatic N) is 3. The molecule has 0 saturated carbocycles. The van der Waals surface area contributed by atoms with Crippen molar-refractivity contribution in [3.05, 3.63) is 99.7 Å². The van der Waals surface area contributed by atoms with Gasteiger partial charge in [0.25, 0.3) is 11.5 Å². The molecule has 130 valence electrons. The predicted octanol–water partition coefficient (Wildman–Crippen LogP) is 2.36. The normalized spacial score (nSPS) is 10.8. The lowest BCUT2D eigenvalue weighted by atomic mass is 10.1. The molecule has 0 spiro atoms. The quantitative estimate of drug-likeness (QED) is 0.569. The van der Waals surface area contributed by atoms with Crippen LogP contribution in [0.1, 0.15) is 27.0 Å². The Labute approximate surface area is 150 Å². The van der Waals surface area contributed by atoms with Gasteiger partial charge >= 0.3 is 0 Å². The van der Waals surface area contributed by atoms with E-state index in [2.05, 4.69) is 15.5 Å². The van der Waals surface area contributed by atoms with Crippen molar-refractivity contribution in [1.82, 2.24) is 15.0 Å². The van der Waals surface area contributed by atoms with Crippen molar-refractivity contribution < 1.29 is 4.79 Å². The largest absolute Gasteiger partial charge is 0.310 e. The van der Waals surface area contributed by atoms with E-state index in [0.717, 1.165) is 16.7 Å². The Hall–Kier alpha value is -3.54. The van der Waals surface area contributed by atoms with Crippen LogP contribution in [-0.4, -0.2) is 21.7 Å². The number of hydrazone groups is 1. The van der Waals surface area contributed by atoms with E-state index in [4.69, 9.17) is 0 Å². The molecule has 6 heteroatoms. The van der Waals surface area contributed by atoms with Crippen molar-refractivity contribution in [3.63, 3.8) is 0 Å². The summed E-state index contributed by atoms with van der Waals surface area (Å²) in [6, 6.07) is 14.6. The lowest BCUT2D eigenvalue weighted by Gasteiger charge is -2.08. The van der Waals surface area contributed by atoms with Gasteiger partial charge in [-0.25, -0.2) is 5.43 Å². The summed E-state index contributed by atoms with van der Waals surface area (Å²) in [5.41, 5.74) is 4.93. The maximum Gasteiger partial charge on any atom is 0.276 e. The smallest absolute Gasteiger partial charge is 0.276 e. The summed E-state index contributed by atoms with van der Waals surface area (Å²) in [5, 5.41) is 3.87. The molecule has 0 saturated heterocycles. The zero-order valence-electron chi connectivity index (χ0n) is 14.3. The van der Waals surface area contributed by atoms with Gasteiger partial charge in [-0.05, 0) is 30.7 Å². The van der Waals surface area contributed by atoms with Gasteiger partial charge in [0.2, 0.25) is 0 Å². The SMILES string of the molecule is Cc1cccc(Cn2cccc(C(=O)N/N=C\c3cccnc3)c2=O)c1. The number of aryl methyl sites for hydroxylation is 1. The Kier molecular flexibility index (Phi) is 5.34. The monoisotopic (exact) mass is 346 g/mol. The highest BCUT2D eigenvalue weighted by atomic mass is 16.2. The van der Waals surface area contributed by atoms with E-state index in [9.17, 15) is 9.59 Å². The average Bonchev–Trinajstić information content (AvgIpc) is 2.64. The van der Waals surface area contributed by atoms with Crippen molar-refractivity contribution in [2.24, 2.45) is 5.10 Å². The fourth-order valence-corrected chi connectivity index (χ4v) is 2.52. The van der Waals surface area contributed by atoms with Crippen LogP contribution in [0.4, 0.5) is 0 Å². The zero-order chi connectivity index (χ0) is 18.4. The maximum absolute atomic E-state index is 12.6. The summed E-state index contributed by atoms with van der Waals surface area (Å²) in [4.78, 5) is 28.8. The molecule has 6 nitrogen and oxygen atoms in total. The molecule has 2 aromatic heterocycles. The molecule has 0 aliphatic carbocycles. The Balaban J connectivity index is 1.75. The number of hydrogen-bond acceptors (Lipinski definition) is 4. The van der Waals surface area contributed by atoms with Crippen molar-refractivity contribution in [3.8, 4) is 0 Å². The van der Waals surface area contributed by atoms with Crippen LogP contribution in [-0.2, 0) is 6.54 Å². The number of hydrogen-bond donors (Lipinski definition) is 1. The van der Waals surface area contributed by atoms with Gasteiger partial charge in [-0.1, -0.05) is 35.9 Å². The minimum Gasteiger partial charge on any atom is -0.310 e. The van der Waals surface area contributed by atoms with Crippen molar-refractivity contribution in [2.75, 3.05) is 0 Å². The first-order chi connectivity index (χ1) is 12.6. The second kappa shape index (κ2) is 8.02. The minimum atomic E-state index is -0.547. The molecule has 26 heavy (non-hydrogen) atoms. The maximum atomic E-state index is 12.6. The molecule has 2 heterocycles. The van der Waals surface area contributed by atoms with Gasteiger partial charge in [-0.3, -0.25) is 14.6 Å². The Morgan fingerprint density at radius 2 is 2.12 bits per heavy atom. The topological polar surface area (TPSA) is 76.3 Å². The third-order valence-corrected chi connectivity index (χ3v) is 3.76. The molecule has 0 fully saturated rings. The van der Waals surface area contributed by atoms with Crippen molar-refractivity contribution >= 4 is 12.1 Å². The molecule has 0 atom stereocenters. The summed E-state index contributed by atoms with van der Waals surface area (Å²) >= 11 is 0. The second-order valence-corrected chi connectivity index (χ2v) is 5.83. The zero-order valence-corrected chi connectivity index (χ0v) is 14.3. The van der Waals surface area contributed by atoms with Crippen LogP contribution in [0.5, 0.6) is 0 Å². The van der Waals surface area contributed by atoms with E-state index in [1.54, 1.807) is 36.8 Å². The number of carbonyl (C=O) groups is 1. The molecule has 0 aliphatic rings. The van der Waals surface area contributed by atoms with Crippen LogP contribution >= 0.6 is 0 Å². The van der Waals surface area contributed by atoms with Crippen LogP contribution in [0.3, 0.4) is 0 Å². The number of amides is 1. The Bertz CT molecular complexity index is 994. The number of pyridine rings is 2. The van der Waals surface area contributed by atoms with E-state index in [1.807, 2.05) is 31.2 Å². The summed E-state index contributed by atoms with van der Waals surface area (Å²) in [7, 11) is 0. The van der Waals surface area contributed by atoms with Gasteiger partial charge in [0, 0.05) is 24.2 Å². The Morgan fingerprint density at radius 3 is 2.88 bits per heavy atom. The molecule has 0 bridgehead atoms. The molecular weight excluding hydrogens is 328 g/mol. The molecule has 1 N–H and O–H groups in total. The van der Waals surface area contributed by atoms with Crippen molar-refractivity contribution in [2.45, 2.75) is 13.5 Å². The van der Waals surface area contributed by atoms with E-state index in [1.165, 1.54) is 16.8 Å². The fourth-order valence-electron chi connectivity index (χ4n) is 2.52. The second-order valence-electron chi connectivity index (χ2n) is 5.83. The van der Waals surface area contributed by atoms with Crippen LogP contribution in [0, 0.1) is 6.92 Å². The first-order valence-electron chi connectivity index (χ1n) is 8.12. The van der Waals surface area contributed by atoms with Crippen LogP contribution in [0.2, 0.25) is 0 Å². The summed E-state index contributed by atoms with van der Waals surface area (Å²) in [5.74, 6) is -0.547. The number of nitrogens with one attached hydrogen (secondary N) is 1. The lowest BCUT2D eigenvalue weighted by Crippen LogP contribution is -2.30. The van der Waals surface area contributed by atoms with E-state index in [-0.39, 0.29) is 11.1 Å². The van der Waals surface area contributed by atoms with Gasteiger partial charge in [-0.15, -0.1) is 0 Å². The third kappa shape index (κ3) is 4.30. The van der Waals surface area contributed by atoms with E-state index in [0.29, 0.717) is 6.54 Å². The highest BCUT2D eigenvalue weighted by Gasteiger charge is 2.11. The molecular formula is C20H18N4O2. The van der Waals surface area contributed by atoms with Crippen molar-refractivity contribution in [1.29, 1.82) is 0 Å². The summed E-state index contributed by atoms with van der Waals surface area (Å²) < 4.78 is 1.51.